The van der Waals surface area contributed by atoms with Crippen LogP contribution in [0, 0.1) is 0 Å². The van der Waals surface area contributed by atoms with Crippen LogP contribution in [0.3, 0.4) is 0 Å². The Morgan fingerprint density at radius 1 is 1.12 bits per heavy atom. The fourth-order valence-corrected chi connectivity index (χ4v) is 1.83. The average Bonchev–Trinajstić information content (AvgIpc) is 2.35. The van der Waals surface area contributed by atoms with Gasteiger partial charge in [-0.1, -0.05) is 38.1 Å². The first-order valence-electron chi connectivity index (χ1n) is 6.14. The second-order valence-electron chi connectivity index (χ2n) is 4.16. The van der Waals surface area contributed by atoms with E-state index in [2.05, 4.69) is 38.1 Å². The van der Waals surface area contributed by atoms with Crippen LogP contribution in [0.4, 0.5) is 0 Å². The van der Waals surface area contributed by atoms with Gasteiger partial charge in [-0.2, -0.15) is 0 Å². The molecule has 1 rings (SSSR count). The second-order valence-corrected chi connectivity index (χ2v) is 4.16. The van der Waals surface area contributed by atoms with Crippen molar-refractivity contribution in [1.29, 1.82) is 0 Å². The van der Waals surface area contributed by atoms with Crippen molar-refractivity contribution in [3.8, 4) is 0 Å². The maximum Gasteiger partial charge on any atom is 0.0822 e. The van der Waals surface area contributed by atoms with Crippen molar-refractivity contribution in [3.63, 3.8) is 0 Å². The van der Waals surface area contributed by atoms with E-state index in [9.17, 15) is 0 Å². The summed E-state index contributed by atoms with van der Waals surface area (Å²) < 4.78 is 5.68. The van der Waals surface area contributed by atoms with E-state index in [1.54, 1.807) is 0 Å². The van der Waals surface area contributed by atoms with Crippen molar-refractivity contribution in [2.45, 2.75) is 39.2 Å². The van der Waals surface area contributed by atoms with Gasteiger partial charge in [0.2, 0.25) is 0 Å². The van der Waals surface area contributed by atoms with Crippen molar-refractivity contribution in [1.82, 2.24) is 0 Å². The Morgan fingerprint density at radius 2 is 1.69 bits per heavy atom. The van der Waals surface area contributed by atoms with Gasteiger partial charge in [-0.3, -0.25) is 0 Å². The molecule has 0 saturated heterocycles. The SMILES string of the molecule is CCO[C@H](CC)c1ccc([C@@H](C)CN)cc1. The molecule has 90 valence electrons. The summed E-state index contributed by atoms with van der Waals surface area (Å²) in [6, 6.07) is 8.64. The summed E-state index contributed by atoms with van der Waals surface area (Å²) in [5.74, 6) is 0.432. The molecule has 2 N–H and O–H groups in total. The molecule has 0 aliphatic rings. The zero-order valence-electron chi connectivity index (χ0n) is 10.6. The van der Waals surface area contributed by atoms with E-state index in [4.69, 9.17) is 10.5 Å². The summed E-state index contributed by atoms with van der Waals surface area (Å²) in [5.41, 5.74) is 8.22. The smallest absolute Gasteiger partial charge is 0.0822 e. The van der Waals surface area contributed by atoms with Gasteiger partial charge in [0.05, 0.1) is 6.10 Å². The lowest BCUT2D eigenvalue weighted by atomic mass is 9.98. The second kappa shape index (κ2) is 6.66. The van der Waals surface area contributed by atoms with Gasteiger partial charge >= 0.3 is 0 Å². The fraction of sp³-hybridized carbons (Fsp3) is 0.571. The van der Waals surface area contributed by atoms with Gasteiger partial charge in [0, 0.05) is 6.61 Å². The van der Waals surface area contributed by atoms with E-state index >= 15 is 0 Å². The molecule has 0 fully saturated rings. The molecule has 0 aliphatic carbocycles. The molecule has 2 atom stereocenters. The maximum atomic E-state index is 5.68. The van der Waals surface area contributed by atoms with Crippen LogP contribution in [-0.2, 0) is 4.74 Å². The third-order valence-electron chi connectivity index (χ3n) is 2.97. The summed E-state index contributed by atoms with van der Waals surface area (Å²) >= 11 is 0. The molecule has 0 saturated carbocycles. The molecule has 0 radical (unpaired) electrons. The topological polar surface area (TPSA) is 35.2 Å². The molecule has 0 spiro atoms. The van der Waals surface area contributed by atoms with Gasteiger partial charge in [0.15, 0.2) is 0 Å². The Hall–Kier alpha value is -0.860. The van der Waals surface area contributed by atoms with Crippen LogP contribution in [0.25, 0.3) is 0 Å². The zero-order valence-corrected chi connectivity index (χ0v) is 10.6. The normalized spacial score (nSPS) is 14.8. The first-order chi connectivity index (χ1) is 7.72. The third-order valence-corrected chi connectivity index (χ3v) is 2.97. The molecule has 0 amide bonds. The van der Waals surface area contributed by atoms with Gasteiger partial charge in [-0.25, -0.2) is 0 Å². The van der Waals surface area contributed by atoms with Crippen LogP contribution >= 0.6 is 0 Å². The molecular formula is C14H23NO. The molecule has 1 aromatic rings. The predicted octanol–water partition coefficient (Wildman–Crippen LogP) is 3.24. The first kappa shape index (κ1) is 13.2. The van der Waals surface area contributed by atoms with Crippen molar-refractivity contribution in [2.24, 2.45) is 5.73 Å². The van der Waals surface area contributed by atoms with E-state index in [0.717, 1.165) is 13.0 Å². The standard InChI is InChI=1S/C14H23NO/c1-4-14(16-5-2)13-8-6-12(7-9-13)11(3)10-15/h6-9,11,14H,4-5,10,15H2,1-3H3/t11-,14+/m0/s1. The van der Waals surface area contributed by atoms with E-state index in [0.29, 0.717) is 12.5 Å². The molecule has 0 aromatic heterocycles. The van der Waals surface area contributed by atoms with Crippen LogP contribution in [0.5, 0.6) is 0 Å². The summed E-state index contributed by atoms with van der Waals surface area (Å²) in [6.45, 7) is 7.79. The Kier molecular flexibility index (Phi) is 5.50. The lowest BCUT2D eigenvalue weighted by Gasteiger charge is -2.16. The number of hydrogen-bond donors (Lipinski definition) is 1. The van der Waals surface area contributed by atoms with Gasteiger partial charge < -0.3 is 10.5 Å². The third kappa shape index (κ3) is 3.32. The van der Waals surface area contributed by atoms with E-state index in [1.165, 1.54) is 11.1 Å². The summed E-state index contributed by atoms with van der Waals surface area (Å²) in [6.07, 6.45) is 1.24. The predicted molar refractivity (Wildman–Crippen MR) is 68.6 cm³/mol. The lowest BCUT2D eigenvalue weighted by Crippen LogP contribution is -2.09. The first-order valence-corrected chi connectivity index (χ1v) is 6.14. The van der Waals surface area contributed by atoms with Gasteiger partial charge in [0.1, 0.15) is 0 Å². The van der Waals surface area contributed by atoms with Crippen LogP contribution < -0.4 is 5.73 Å². The summed E-state index contributed by atoms with van der Waals surface area (Å²) in [5, 5.41) is 0. The Morgan fingerprint density at radius 3 is 2.12 bits per heavy atom. The van der Waals surface area contributed by atoms with Crippen molar-refractivity contribution >= 4 is 0 Å². The Labute approximate surface area is 98.8 Å². The van der Waals surface area contributed by atoms with Crippen molar-refractivity contribution < 1.29 is 4.74 Å². The largest absolute Gasteiger partial charge is 0.374 e. The van der Waals surface area contributed by atoms with Crippen LogP contribution in [0.1, 0.15) is 50.3 Å². The van der Waals surface area contributed by atoms with Gasteiger partial charge in [0.25, 0.3) is 0 Å². The Balaban J connectivity index is 2.76. The number of rotatable bonds is 6. The number of nitrogens with two attached hydrogens (primary N) is 1. The van der Waals surface area contributed by atoms with Gasteiger partial charge in [-0.15, -0.1) is 0 Å². The lowest BCUT2D eigenvalue weighted by molar-refractivity contribution is 0.0598. The van der Waals surface area contributed by atoms with Crippen LogP contribution in [0.15, 0.2) is 24.3 Å². The number of hydrogen-bond acceptors (Lipinski definition) is 2. The molecule has 1 aromatic carbocycles. The van der Waals surface area contributed by atoms with E-state index in [-0.39, 0.29) is 6.10 Å². The van der Waals surface area contributed by atoms with Crippen LogP contribution in [-0.4, -0.2) is 13.2 Å². The minimum Gasteiger partial charge on any atom is -0.374 e. The number of ether oxygens (including phenoxy) is 1. The molecular weight excluding hydrogens is 198 g/mol. The molecule has 2 nitrogen and oxygen atoms in total. The van der Waals surface area contributed by atoms with E-state index < -0.39 is 0 Å². The fourth-order valence-electron chi connectivity index (χ4n) is 1.83. The quantitative estimate of drug-likeness (QED) is 0.800. The highest BCUT2D eigenvalue weighted by atomic mass is 16.5. The maximum absolute atomic E-state index is 5.68. The minimum absolute atomic E-state index is 0.229. The minimum atomic E-state index is 0.229. The highest BCUT2D eigenvalue weighted by Gasteiger charge is 2.09. The zero-order chi connectivity index (χ0) is 12.0. The van der Waals surface area contributed by atoms with E-state index in [1.807, 2.05) is 6.92 Å². The summed E-state index contributed by atoms with van der Waals surface area (Å²) in [7, 11) is 0. The van der Waals surface area contributed by atoms with Crippen LogP contribution in [0.2, 0.25) is 0 Å². The molecule has 0 unspecified atom stereocenters. The van der Waals surface area contributed by atoms with Gasteiger partial charge in [-0.05, 0) is 36.9 Å². The number of benzene rings is 1. The molecule has 0 bridgehead atoms. The molecule has 0 aliphatic heterocycles. The monoisotopic (exact) mass is 221 g/mol. The summed E-state index contributed by atoms with van der Waals surface area (Å²) in [4.78, 5) is 0. The molecule has 0 heterocycles. The molecule has 2 heteroatoms. The van der Waals surface area contributed by atoms with Crippen molar-refractivity contribution in [3.05, 3.63) is 35.4 Å². The van der Waals surface area contributed by atoms with Crippen molar-refractivity contribution in [2.75, 3.05) is 13.2 Å². The Bertz CT molecular complexity index is 294. The highest BCUT2D eigenvalue weighted by molar-refractivity contribution is 5.26. The average molecular weight is 221 g/mol. The highest BCUT2D eigenvalue weighted by Crippen LogP contribution is 2.23. The molecule has 16 heavy (non-hydrogen) atoms.